The van der Waals surface area contributed by atoms with E-state index in [0.29, 0.717) is 11.3 Å². The fraction of sp³-hybridized carbons (Fsp3) is 0.833. The van der Waals surface area contributed by atoms with E-state index >= 15 is 0 Å². The number of carbonyl (C=O) groups excluding carboxylic acids is 1. The first-order valence-corrected chi connectivity index (χ1v) is 6.66. The average molecular weight is 312 g/mol. The number of carboxylic acid groups (broad SMARTS) is 1. The van der Waals surface area contributed by atoms with Crippen LogP contribution in [0, 0.1) is 0 Å². The smallest absolute Gasteiger partial charge is 0.406 e. The summed E-state index contributed by atoms with van der Waals surface area (Å²) in [7, 11) is 0. The van der Waals surface area contributed by atoms with Crippen molar-refractivity contribution in [3.8, 4) is 0 Å². The number of hydrogen-bond acceptors (Lipinski definition) is 3. The van der Waals surface area contributed by atoms with Gasteiger partial charge in [0.2, 0.25) is 0 Å². The molecule has 1 atom stereocenters. The molecule has 122 valence electrons. The van der Waals surface area contributed by atoms with E-state index in [4.69, 9.17) is 9.84 Å². The lowest BCUT2D eigenvalue weighted by Gasteiger charge is -2.38. The highest BCUT2D eigenvalue weighted by molar-refractivity contribution is 5.76. The Morgan fingerprint density at radius 3 is 2.62 bits per heavy atom. The van der Waals surface area contributed by atoms with Gasteiger partial charge >= 0.3 is 18.2 Å². The Morgan fingerprint density at radius 1 is 1.43 bits per heavy atom. The minimum atomic E-state index is -4.49. The lowest BCUT2D eigenvalue weighted by Crippen LogP contribution is -2.55. The highest BCUT2D eigenvalue weighted by Gasteiger charge is 2.37. The lowest BCUT2D eigenvalue weighted by atomic mass is 10.1. The van der Waals surface area contributed by atoms with Crippen LogP contribution in [-0.2, 0) is 9.53 Å². The maximum Gasteiger partial charge on any atom is 0.406 e. The summed E-state index contributed by atoms with van der Waals surface area (Å²) >= 11 is 0. The molecule has 0 aromatic carbocycles. The number of amides is 2. The number of halogens is 3. The second kappa shape index (κ2) is 7.48. The minimum Gasteiger partial charge on any atom is -0.481 e. The van der Waals surface area contributed by atoms with Gasteiger partial charge in [-0.05, 0) is 6.42 Å². The molecule has 0 spiro atoms. The number of alkyl halides is 3. The van der Waals surface area contributed by atoms with Crippen molar-refractivity contribution in [3.05, 3.63) is 0 Å². The van der Waals surface area contributed by atoms with Crippen molar-refractivity contribution in [3.63, 3.8) is 0 Å². The van der Waals surface area contributed by atoms with Gasteiger partial charge in [-0.3, -0.25) is 4.79 Å². The number of carbonyl (C=O) groups is 2. The number of morpholine rings is 1. The maximum absolute atomic E-state index is 12.5. The van der Waals surface area contributed by atoms with E-state index < -0.39 is 30.8 Å². The van der Waals surface area contributed by atoms with Crippen LogP contribution in [0.2, 0.25) is 0 Å². The Labute approximate surface area is 120 Å². The molecule has 0 radical (unpaired) electrons. The third-order valence-electron chi connectivity index (χ3n) is 3.02. The molecule has 0 aliphatic carbocycles. The van der Waals surface area contributed by atoms with Crippen molar-refractivity contribution in [1.82, 2.24) is 9.80 Å². The second-order valence-electron chi connectivity index (χ2n) is 4.84. The predicted molar refractivity (Wildman–Crippen MR) is 66.9 cm³/mol. The van der Waals surface area contributed by atoms with Gasteiger partial charge in [-0.25, -0.2) is 4.79 Å². The molecule has 0 aromatic rings. The maximum atomic E-state index is 12.5. The molecule has 1 saturated heterocycles. The summed E-state index contributed by atoms with van der Waals surface area (Å²) in [6.45, 7) is 0.601. The molecule has 0 saturated carbocycles. The van der Waals surface area contributed by atoms with Gasteiger partial charge in [-0.2, -0.15) is 13.2 Å². The van der Waals surface area contributed by atoms with Gasteiger partial charge in [0.1, 0.15) is 6.54 Å². The Bertz CT molecular complexity index is 376. The summed E-state index contributed by atoms with van der Waals surface area (Å²) in [4.78, 5) is 24.9. The molecule has 1 aliphatic rings. The summed E-state index contributed by atoms with van der Waals surface area (Å²) in [6.07, 6.45) is -4.45. The molecule has 21 heavy (non-hydrogen) atoms. The molecule has 1 rings (SSSR count). The van der Waals surface area contributed by atoms with Crippen LogP contribution in [0.25, 0.3) is 0 Å². The standard InChI is InChI=1S/C12H19F3N2O4/c1-2-3-16(8-12(13,14)15)11(20)17-4-5-21-7-9(17)6-10(18)19/h9H,2-8H2,1H3,(H,18,19). The van der Waals surface area contributed by atoms with Crippen LogP contribution in [0.1, 0.15) is 19.8 Å². The zero-order valence-corrected chi connectivity index (χ0v) is 11.7. The van der Waals surface area contributed by atoms with Crippen LogP contribution in [0.5, 0.6) is 0 Å². The van der Waals surface area contributed by atoms with E-state index in [1.807, 2.05) is 0 Å². The molecule has 2 amide bonds. The highest BCUT2D eigenvalue weighted by atomic mass is 19.4. The van der Waals surface area contributed by atoms with Gasteiger partial charge < -0.3 is 19.6 Å². The Morgan fingerprint density at radius 2 is 2.10 bits per heavy atom. The van der Waals surface area contributed by atoms with Crippen LogP contribution < -0.4 is 0 Å². The third-order valence-corrected chi connectivity index (χ3v) is 3.02. The summed E-state index contributed by atoms with van der Waals surface area (Å²) in [5.74, 6) is -1.12. The topological polar surface area (TPSA) is 70.1 Å². The zero-order chi connectivity index (χ0) is 16.0. The molecule has 1 unspecified atom stereocenters. The fourth-order valence-electron chi connectivity index (χ4n) is 2.19. The van der Waals surface area contributed by atoms with E-state index in [-0.39, 0.29) is 32.7 Å². The molecule has 0 bridgehead atoms. The summed E-state index contributed by atoms with van der Waals surface area (Å²) in [6, 6.07) is -1.53. The SMILES string of the molecule is CCCN(CC(F)(F)F)C(=O)N1CCOCC1CC(=O)O. The van der Waals surface area contributed by atoms with Crippen molar-refractivity contribution < 1.29 is 32.6 Å². The van der Waals surface area contributed by atoms with Gasteiger partial charge in [0.15, 0.2) is 0 Å². The van der Waals surface area contributed by atoms with Crippen LogP contribution in [0.4, 0.5) is 18.0 Å². The number of ether oxygens (including phenoxy) is 1. The third kappa shape index (κ3) is 5.78. The van der Waals surface area contributed by atoms with Gasteiger partial charge in [0.25, 0.3) is 0 Å². The molecule has 1 heterocycles. The molecule has 0 aromatic heterocycles. The lowest BCUT2D eigenvalue weighted by molar-refractivity contribution is -0.144. The van der Waals surface area contributed by atoms with Gasteiger partial charge in [-0.1, -0.05) is 6.92 Å². The molecule has 1 fully saturated rings. The number of urea groups is 1. The van der Waals surface area contributed by atoms with E-state index in [1.165, 1.54) is 4.90 Å². The van der Waals surface area contributed by atoms with Crippen molar-refractivity contribution in [2.75, 3.05) is 32.8 Å². The van der Waals surface area contributed by atoms with Gasteiger partial charge in [-0.15, -0.1) is 0 Å². The monoisotopic (exact) mass is 312 g/mol. The number of carboxylic acids is 1. The molecule has 1 N–H and O–H groups in total. The fourth-order valence-corrected chi connectivity index (χ4v) is 2.19. The Kier molecular flexibility index (Phi) is 6.25. The molecular weight excluding hydrogens is 293 g/mol. The van der Waals surface area contributed by atoms with Crippen LogP contribution in [-0.4, -0.2) is 72.0 Å². The predicted octanol–water partition coefficient (Wildman–Crippen LogP) is 1.56. The average Bonchev–Trinajstić information content (AvgIpc) is 2.36. The zero-order valence-electron chi connectivity index (χ0n) is 11.7. The van der Waals surface area contributed by atoms with Crippen LogP contribution in [0.15, 0.2) is 0 Å². The first-order chi connectivity index (χ1) is 9.74. The largest absolute Gasteiger partial charge is 0.481 e. The van der Waals surface area contributed by atoms with E-state index in [1.54, 1.807) is 6.92 Å². The molecule has 9 heteroatoms. The van der Waals surface area contributed by atoms with Crippen LogP contribution in [0.3, 0.4) is 0 Å². The Balaban J connectivity index is 2.80. The van der Waals surface area contributed by atoms with Crippen molar-refractivity contribution in [2.45, 2.75) is 32.0 Å². The van der Waals surface area contributed by atoms with Crippen molar-refractivity contribution in [2.24, 2.45) is 0 Å². The molecule has 6 nitrogen and oxygen atoms in total. The van der Waals surface area contributed by atoms with E-state index in [2.05, 4.69) is 0 Å². The van der Waals surface area contributed by atoms with Crippen molar-refractivity contribution in [1.29, 1.82) is 0 Å². The quantitative estimate of drug-likeness (QED) is 0.836. The number of aliphatic carboxylic acids is 1. The van der Waals surface area contributed by atoms with Gasteiger partial charge in [0, 0.05) is 13.1 Å². The number of hydrogen-bond donors (Lipinski definition) is 1. The molecular formula is C12H19F3N2O4. The molecule has 1 aliphatic heterocycles. The minimum absolute atomic E-state index is 0.0179. The van der Waals surface area contributed by atoms with Crippen molar-refractivity contribution >= 4 is 12.0 Å². The Hall–Kier alpha value is -1.51. The normalized spacial score (nSPS) is 19.4. The summed E-state index contributed by atoms with van der Waals surface area (Å²) in [5.41, 5.74) is 0. The summed E-state index contributed by atoms with van der Waals surface area (Å²) in [5, 5.41) is 8.81. The number of nitrogens with zero attached hydrogens (tertiary/aromatic N) is 2. The first kappa shape index (κ1) is 17.5. The number of rotatable bonds is 5. The summed E-state index contributed by atoms with van der Waals surface area (Å²) < 4.78 is 42.7. The highest BCUT2D eigenvalue weighted by Crippen LogP contribution is 2.20. The van der Waals surface area contributed by atoms with E-state index in [9.17, 15) is 22.8 Å². The van der Waals surface area contributed by atoms with Crippen LogP contribution >= 0.6 is 0 Å². The second-order valence-corrected chi connectivity index (χ2v) is 4.84. The van der Waals surface area contributed by atoms with Gasteiger partial charge in [0.05, 0.1) is 25.7 Å². The van der Waals surface area contributed by atoms with E-state index in [0.717, 1.165) is 0 Å². The first-order valence-electron chi connectivity index (χ1n) is 6.66.